The van der Waals surface area contributed by atoms with Crippen LogP contribution in [0.15, 0.2) is 51.1 Å². The molecule has 0 aliphatic rings. The average molecular weight is 1070 g/mol. The Kier molecular flexibility index (Phi) is 273. The van der Waals surface area contributed by atoms with Crippen LogP contribution >= 0.6 is 73.9 Å². The fourth-order valence-electron chi connectivity index (χ4n) is 1.92. The largest absolute Gasteiger partial charge is 0.141 e. The molecule has 0 nitrogen and oxygen atoms in total. The number of hydrogen-bond donors (Lipinski definition) is 0. The van der Waals surface area contributed by atoms with E-state index in [4.69, 9.17) is 0 Å². The Balaban J connectivity index is -0.0000000227. The van der Waals surface area contributed by atoms with Crippen molar-refractivity contribution in [1.29, 1.82) is 0 Å². The lowest BCUT2D eigenvalue weighted by atomic mass is 10.0. The zero-order chi connectivity index (χ0) is 52.1. The second-order valence-electron chi connectivity index (χ2n) is 14.6. The summed E-state index contributed by atoms with van der Waals surface area (Å²) in [5, 5.41) is 0. The van der Waals surface area contributed by atoms with Crippen molar-refractivity contribution < 1.29 is 0 Å². The minimum absolute atomic E-state index is 0. The highest BCUT2D eigenvalue weighted by atomic mass is 31.0. The van der Waals surface area contributed by atoms with Crippen molar-refractivity contribution in [2.45, 2.75) is 299 Å². The Hall–Kier alpha value is 2.40. The zero-order valence-electron chi connectivity index (χ0n) is 46.9. The van der Waals surface area contributed by atoms with Crippen LogP contribution in [-0.2, 0) is 0 Å². The van der Waals surface area contributed by atoms with Gasteiger partial charge >= 0.3 is 0 Å². The molecule has 0 spiro atoms. The predicted molar refractivity (Wildman–Crippen MR) is 367 cm³/mol. The molecule has 412 valence electrons. The first-order valence-electron chi connectivity index (χ1n) is 24.0. The van der Waals surface area contributed by atoms with Gasteiger partial charge in [0.05, 0.1) is 0 Å². The number of allylic oxidation sites excluding steroid dienone is 3. The molecule has 0 radical (unpaired) electrons. The summed E-state index contributed by atoms with van der Waals surface area (Å²) in [6.07, 6.45) is 19.8. The van der Waals surface area contributed by atoms with E-state index in [9.17, 15) is 0 Å². The summed E-state index contributed by atoms with van der Waals surface area (Å²) < 4.78 is 0. The predicted octanol–water partition coefficient (Wildman–Crippen LogP) is 23.9. The molecule has 0 aliphatic carbocycles. The molecule has 16 unspecified atom stereocenters. The van der Waals surface area contributed by atoms with Crippen molar-refractivity contribution in [2.75, 3.05) is 6.66 Å². The van der Waals surface area contributed by atoms with E-state index in [1.807, 2.05) is 55.1 Å². The first kappa shape index (κ1) is 121. The van der Waals surface area contributed by atoms with Crippen LogP contribution in [0.3, 0.4) is 0 Å². The molecule has 0 saturated heterocycles. The fourth-order valence-corrected chi connectivity index (χ4v) is 2.82. The van der Waals surface area contributed by atoms with Gasteiger partial charge in [-0.05, 0) is 91.5 Å². The molecule has 0 fully saturated rings. The van der Waals surface area contributed by atoms with Gasteiger partial charge in [-0.3, -0.25) is 0 Å². The van der Waals surface area contributed by atoms with E-state index < -0.39 is 0 Å². The van der Waals surface area contributed by atoms with Gasteiger partial charge in [0.2, 0.25) is 0 Å². The van der Waals surface area contributed by atoms with Crippen LogP contribution in [0.2, 0.25) is 0 Å². The van der Waals surface area contributed by atoms with E-state index in [1.165, 1.54) is 70.6 Å². The van der Waals surface area contributed by atoms with Crippen molar-refractivity contribution in [3.63, 3.8) is 0 Å². The lowest BCUT2D eigenvalue weighted by Gasteiger charge is -2.09. The van der Waals surface area contributed by atoms with E-state index in [0.29, 0.717) is 0 Å². The summed E-state index contributed by atoms with van der Waals surface area (Å²) in [5.41, 5.74) is 5.62. The van der Waals surface area contributed by atoms with Crippen molar-refractivity contribution in [2.24, 2.45) is 11.8 Å². The maximum atomic E-state index is 3.36. The van der Waals surface area contributed by atoms with Gasteiger partial charge in [-0.15, -0.1) is 107 Å². The van der Waals surface area contributed by atoms with Crippen LogP contribution in [0.25, 0.3) is 0 Å². The van der Waals surface area contributed by atoms with E-state index >= 15 is 0 Å². The van der Waals surface area contributed by atoms with E-state index in [-0.39, 0.29) is 29.7 Å². The van der Waals surface area contributed by atoms with Crippen molar-refractivity contribution in [3.05, 3.63) is 51.1 Å². The number of rotatable bonds is 13. The summed E-state index contributed by atoms with van der Waals surface area (Å²) in [6.45, 7) is 67.2. The third kappa shape index (κ3) is 401. The third-order valence-electron chi connectivity index (χ3n) is 6.26. The second kappa shape index (κ2) is 144. The molecule has 16 atom stereocenters. The first-order valence-corrected chi connectivity index (χ1v) is 29.8. The smallest absolute Gasteiger partial charge is 0.0290 e. The Morgan fingerprint density at radius 2 is 0.562 bits per heavy atom. The van der Waals surface area contributed by atoms with Gasteiger partial charge in [0, 0.05) is 0 Å². The average Bonchev–Trinajstić information content (AvgIpc) is 3.21. The van der Waals surface area contributed by atoms with Crippen LogP contribution in [0.1, 0.15) is 260 Å². The molecule has 0 heterocycles. The van der Waals surface area contributed by atoms with Crippen LogP contribution in [0, 0.1) is 11.8 Å². The molecule has 0 aromatic heterocycles. The van der Waals surface area contributed by atoms with Gasteiger partial charge in [-0.2, -0.15) is 0 Å². The lowest BCUT2D eigenvalue weighted by Crippen LogP contribution is -1.99. The molecular weight excluding hydrogens is 920 g/mol. The number of unbranched alkanes of at least 4 members (excludes halogenated alkanes) is 1. The highest BCUT2D eigenvalue weighted by molar-refractivity contribution is 7.18. The molecule has 0 saturated carbocycles. The maximum Gasteiger partial charge on any atom is -0.0290 e. The lowest BCUT2D eigenvalue weighted by molar-refractivity contribution is 0.515. The van der Waals surface area contributed by atoms with Crippen LogP contribution < -0.4 is 0 Å². The molecule has 64 heavy (non-hydrogen) atoms. The van der Waals surface area contributed by atoms with E-state index in [1.54, 1.807) is 18.2 Å². The third-order valence-corrected chi connectivity index (χ3v) is 9.08. The molecule has 0 bridgehead atoms. The number of hydrogen-bond acceptors (Lipinski definition) is 0. The quantitative estimate of drug-likeness (QED) is 0.127. The monoisotopic (exact) mass is 1070 g/mol. The Morgan fingerprint density at radius 3 is 0.609 bits per heavy atom. The summed E-state index contributed by atoms with van der Waals surface area (Å²) in [6, 6.07) is 0. The summed E-state index contributed by atoms with van der Waals surface area (Å²) in [4.78, 5) is 0. The topological polar surface area (TPSA) is 0 Å². The molecule has 0 N–H and O–H groups in total. The minimum Gasteiger partial charge on any atom is -0.141 e. The molecule has 8 heteroatoms. The zero-order valence-corrected chi connectivity index (χ0v) is 56.1. The normalized spacial score (nSPS) is 11.3. The van der Waals surface area contributed by atoms with Crippen LogP contribution in [0.5, 0.6) is 0 Å². The van der Waals surface area contributed by atoms with Crippen molar-refractivity contribution in [3.8, 4) is 0 Å². The van der Waals surface area contributed by atoms with Gasteiger partial charge in [0.1, 0.15) is 0 Å². The highest BCUT2D eigenvalue weighted by Crippen LogP contribution is 2.14. The molecule has 0 rings (SSSR count). The van der Waals surface area contributed by atoms with Crippen LogP contribution in [-0.4, -0.2) is 46.3 Å². The summed E-state index contributed by atoms with van der Waals surface area (Å²) in [7, 11) is 21.8. The standard InChI is InChI=1S/2C7H17P.C6H15P.4C4H11P.3C3H6.2C2H6.C2H4.CH5P.4CH4/c1-6(2)4-5-7(3)8;1-4-6(2)5-7(3)8;1-3-4-5-6(2)7;4*1-3-4(2)5;3*1-3-2;4*1-2;;;;/h2*6-7H,4-5,8H2,1-3H3;6H,3-5,7H2,1-2H3;4*4H,3,5H2,1-2H3;3*3H,1H2,2H3;2*1-2H3;1-2H2;2H2,1H3;4*1H4. The van der Waals surface area contributed by atoms with Crippen molar-refractivity contribution in [1.82, 2.24) is 0 Å². The Labute approximate surface area is 440 Å². The second-order valence-corrected chi connectivity index (χ2v) is 22.5. The summed E-state index contributed by atoms with van der Waals surface area (Å²) in [5.74, 6) is 1.78. The molecular formula is C56H148P8. The Morgan fingerprint density at radius 1 is 0.375 bits per heavy atom. The van der Waals surface area contributed by atoms with Crippen molar-refractivity contribution >= 4 is 73.9 Å². The molecule has 0 aliphatic heterocycles. The molecule has 0 aromatic carbocycles. The SMILES string of the molecule is C.C.C.C.C=C.C=CC.C=CC.C=CC.CC.CC.CC(C)CCC(C)P.CCC(C)CC(C)P.CCC(C)P.CCC(C)P.CCC(C)P.CCC(C)P.CCCCC(C)P.CP. The van der Waals surface area contributed by atoms with E-state index in [2.05, 4.69) is 218 Å². The van der Waals surface area contributed by atoms with Gasteiger partial charge in [0.25, 0.3) is 0 Å². The first-order chi connectivity index (χ1) is 27.9. The fraction of sp³-hybridized carbons (Fsp3) is 0.857. The highest BCUT2D eigenvalue weighted by Gasteiger charge is 2.00. The molecule has 0 amide bonds. The Bertz CT molecular complexity index is 495. The van der Waals surface area contributed by atoms with Crippen LogP contribution in [0.4, 0.5) is 0 Å². The molecule has 0 aromatic rings. The minimum atomic E-state index is 0. The van der Waals surface area contributed by atoms with Gasteiger partial charge in [0.15, 0.2) is 0 Å². The van der Waals surface area contributed by atoms with Gasteiger partial charge in [-0.25, -0.2) is 0 Å². The van der Waals surface area contributed by atoms with Gasteiger partial charge < -0.3 is 0 Å². The van der Waals surface area contributed by atoms with Gasteiger partial charge in [-0.1, -0.05) is 244 Å². The maximum absolute atomic E-state index is 3.36. The summed E-state index contributed by atoms with van der Waals surface area (Å²) >= 11 is 0. The van der Waals surface area contributed by atoms with E-state index in [0.717, 1.165) is 51.4 Å².